The Morgan fingerprint density at radius 3 is 1.48 bits per heavy atom. The molecule has 2 saturated heterocycles. The number of benzene rings is 9. The van der Waals surface area contributed by atoms with E-state index in [1.54, 1.807) is 0 Å². The molecule has 9 aromatic rings. The Morgan fingerprint density at radius 1 is 0.286 bits per heavy atom. The highest BCUT2D eigenvalue weighted by Crippen LogP contribution is 2.48. The van der Waals surface area contributed by atoms with E-state index in [-0.39, 0.29) is 0 Å². The Labute approximate surface area is 329 Å². The Morgan fingerprint density at radius 2 is 0.804 bits per heavy atom. The highest BCUT2D eigenvalue weighted by Gasteiger charge is 2.22. The molecule has 9 aromatic carbocycles. The van der Waals surface area contributed by atoms with E-state index < -0.39 is 0 Å². The molecule has 2 fully saturated rings. The smallest absolute Gasteiger partial charge is 0.0372 e. The lowest BCUT2D eigenvalue weighted by Gasteiger charge is -2.30. The summed E-state index contributed by atoms with van der Waals surface area (Å²) in [4.78, 5) is 5.23. The molecule has 272 valence electrons. The largest absolute Gasteiger partial charge is 0.372 e. The maximum atomic E-state index is 2.61. The molecule has 2 nitrogen and oxygen atoms in total. The molecule has 2 aliphatic rings. The van der Waals surface area contributed by atoms with Gasteiger partial charge in [-0.2, -0.15) is 0 Å². The normalized spacial score (nSPS) is 15.1. The molecule has 0 aromatic heterocycles. The first-order valence-electron chi connectivity index (χ1n) is 20.8. The molecule has 0 atom stereocenters. The van der Waals surface area contributed by atoms with Crippen molar-refractivity contribution in [2.24, 2.45) is 0 Å². The molecule has 0 unspecified atom stereocenters. The molecular formula is C54H46N2. The van der Waals surface area contributed by atoms with Crippen molar-refractivity contribution in [3.8, 4) is 33.4 Å². The first-order valence-corrected chi connectivity index (χ1v) is 20.8. The summed E-state index contributed by atoms with van der Waals surface area (Å²) >= 11 is 0. The van der Waals surface area contributed by atoms with Crippen molar-refractivity contribution in [1.82, 2.24) is 0 Å². The summed E-state index contributed by atoms with van der Waals surface area (Å²) in [6.45, 7) is 4.50. The number of piperidine rings is 2. The third-order valence-corrected chi connectivity index (χ3v) is 12.8. The molecule has 0 N–H and O–H groups in total. The van der Waals surface area contributed by atoms with Gasteiger partial charge in [-0.3, -0.25) is 0 Å². The summed E-state index contributed by atoms with van der Waals surface area (Å²) in [6, 6.07) is 60.0. The van der Waals surface area contributed by atoms with Gasteiger partial charge in [0.05, 0.1) is 0 Å². The standard InChI is InChI=1S/C54H46N2/c1-9-30-55(31-10-1)41-27-29-49-51(35-41)53(39-24-22-38(23-25-39)50-34-40-15-4-6-18-44(40)45-19-7-8-20-46(45)50)48-28-26-42(56-32-11-2-12-33-56)36-52(48)54(49)47-21-13-16-37-14-3-5-17-43(37)47/h3-8,13-29,34-36H,1-2,9-12,30-33H2. The Hall–Kier alpha value is -6.12. The molecule has 56 heavy (non-hydrogen) atoms. The van der Waals surface area contributed by atoms with Crippen LogP contribution in [0.2, 0.25) is 0 Å². The Bertz CT molecular complexity index is 2920. The van der Waals surface area contributed by atoms with Gasteiger partial charge in [-0.05, 0) is 156 Å². The fourth-order valence-corrected chi connectivity index (χ4v) is 10.1. The van der Waals surface area contributed by atoms with Crippen molar-refractivity contribution >= 4 is 65.2 Å². The number of hydrogen-bond acceptors (Lipinski definition) is 2. The predicted molar refractivity (Wildman–Crippen MR) is 242 cm³/mol. The van der Waals surface area contributed by atoms with E-state index in [9.17, 15) is 0 Å². The second-order valence-corrected chi connectivity index (χ2v) is 16.1. The van der Waals surface area contributed by atoms with E-state index >= 15 is 0 Å². The van der Waals surface area contributed by atoms with Crippen molar-refractivity contribution in [3.63, 3.8) is 0 Å². The summed E-state index contributed by atoms with van der Waals surface area (Å²) in [5.74, 6) is 0. The van der Waals surface area contributed by atoms with Gasteiger partial charge in [0.15, 0.2) is 0 Å². The minimum absolute atomic E-state index is 1.12. The Balaban J connectivity index is 1.18. The van der Waals surface area contributed by atoms with Gasteiger partial charge in [-0.15, -0.1) is 0 Å². The van der Waals surface area contributed by atoms with Crippen LogP contribution in [-0.2, 0) is 0 Å². The quantitative estimate of drug-likeness (QED) is 0.129. The van der Waals surface area contributed by atoms with Crippen molar-refractivity contribution in [3.05, 3.63) is 158 Å². The van der Waals surface area contributed by atoms with Crippen molar-refractivity contribution in [2.45, 2.75) is 38.5 Å². The minimum Gasteiger partial charge on any atom is -0.372 e. The maximum Gasteiger partial charge on any atom is 0.0372 e. The molecule has 11 rings (SSSR count). The highest BCUT2D eigenvalue weighted by molar-refractivity contribution is 6.24. The van der Waals surface area contributed by atoms with E-state index in [0.717, 1.165) is 26.2 Å². The molecule has 0 spiro atoms. The van der Waals surface area contributed by atoms with Crippen molar-refractivity contribution in [1.29, 1.82) is 0 Å². The van der Waals surface area contributed by atoms with E-state index in [1.807, 2.05) is 0 Å². The van der Waals surface area contributed by atoms with Crippen LogP contribution in [-0.4, -0.2) is 26.2 Å². The molecule has 2 heterocycles. The zero-order chi connectivity index (χ0) is 37.0. The first kappa shape index (κ1) is 33.2. The number of nitrogens with zero attached hydrogens (tertiary/aromatic N) is 2. The van der Waals surface area contributed by atoms with E-state index in [2.05, 4.69) is 168 Å². The third kappa shape index (κ3) is 5.62. The van der Waals surface area contributed by atoms with Gasteiger partial charge in [0.25, 0.3) is 0 Å². The van der Waals surface area contributed by atoms with Gasteiger partial charge >= 0.3 is 0 Å². The number of anilines is 2. The molecule has 2 aliphatic heterocycles. The Kier molecular flexibility index (Phi) is 8.23. The average Bonchev–Trinajstić information content (AvgIpc) is 3.28. The zero-order valence-electron chi connectivity index (χ0n) is 32.0. The second-order valence-electron chi connectivity index (χ2n) is 16.1. The third-order valence-electron chi connectivity index (χ3n) is 12.8. The van der Waals surface area contributed by atoms with E-state index in [0.29, 0.717) is 0 Å². The summed E-state index contributed by atoms with van der Waals surface area (Å²) in [7, 11) is 0. The number of fused-ring (bicyclic) bond motifs is 6. The van der Waals surface area contributed by atoms with Crippen LogP contribution in [0, 0.1) is 0 Å². The van der Waals surface area contributed by atoms with Gasteiger partial charge < -0.3 is 9.80 Å². The summed E-state index contributed by atoms with van der Waals surface area (Å²) in [5, 5.41) is 13.1. The van der Waals surface area contributed by atoms with E-state index in [4.69, 9.17) is 0 Å². The fourth-order valence-electron chi connectivity index (χ4n) is 10.1. The first-order chi connectivity index (χ1) is 27.8. The zero-order valence-corrected chi connectivity index (χ0v) is 32.0. The molecule has 0 radical (unpaired) electrons. The lowest BCUT2D eigenvalue weighted by atomic mass is 9.83. The molecule has 0 amide bonds. The molecule has 0 saturated carbocycles. The van der Waals surface area contributed by atoms with Crippen LogP contribution in [0.3, 0.4) is 0 Å². The van der Waals surface area contributed by atoms with Crippen LogP contribution in [0.1, 0.15) is 38.5 Å². The van der Waals surface area contributed by atoms with Crippen LogP contribution in [0.15, 0.2) is 158 Å². The van der Waals surface area contributed by atoms with Gasteiger partial charge in [0.2, 0.25) is 0 Å². The van der Waals surface area contributed by atoms with Crippen LogP contribution < -0.4 is 9.80 Å². The molecule has 0 bridgehead atoms. The van der Waals surface area contributed by atoms with Gasteiger partial charge in [-0.25, -0.2) is 0 Å². The monoisotopic (exact) mass is 722 g/mol. The number of rotatable bonds is 5. The molecule has 2 heteroatoms. The van der Waals surface area contributed by atoms with E-state index in [1.165, 1.54) is 137 Å². The minimum atomic E-state index is 1.12. The van der Waals surface area contributed by atoms with Gasteiger partial charge in [0, 0.05) is 37.6 Å². The topological polar surface area (TPSA) is 6.48 Å². The van der Waals surface area contributed by atoms with Crippen LogP contribution in [0.25, 0.3) is 87.2 Å². The molecular weight excluding hydrogens is 677 g/mol. The average molecular weight is 723 g/mol. The summed E-state index contributed by atoms with van der Waals surface area (Å²) in [5.41, 5.74) is 10.5. The van der Waals surface area contributed by atoms with Gasteiger partial charge in [0.1, 0.15) is 0 Å². The highest BCUT2D eigenvalue weighted by atomic mass is 15.1. The molecule has 0 aliphatic carbocycles. The SMILES string of the molecule is c1ccc2c(-c3c4ccc(N5CCCCC5)cc4c(-c4ccc(-c5cc6ccccc6c6ccccc56)cc4)c4ccc(N5CCCCC5)cc34)cccc2c1. The number of hydrogen-bond donors (Lipinski definition) is 0. The van der Waals surface area contributed by atoms with Crippen molar-refractivity contribution < 1.29 is 0 Å². The second kappa shape index (κ2) is 13.9. The van der Waals surface area contributed by atoms with Gasteiger partial charge in [-0.1, -0.05) is 127 Å². The summed E-state index contributed by atoms with van der Waals surface area (Å²) in [6.07, 6.45) is 7.68. The lowest BCUT2D eigenvalue weighted by molar-refractivity contribution is 0.578. The maximum absolute atomic E-state index is 2.61. The van der Waals surface area contributed by atoms with Crippen LogP contribution >= 0.6 is 0 Å². The van der Waals surface area contributed by atoms with Crippen molar-refractivity contribution in [2.75, 3.05) is 36.0 Å². The van der Waals surface area contributed by atoms with Crippen LogP contribution in [0.4, 0.5) is 11.4 Å². The lowest BCUT2D eigenvalue weighted by Crippen LogP contribution is -2.29. The fraction of sp³-hybridized carbons (Fsp3) is 0.185. The van der Waals surface area contributed by atoms with Crippen LogP contribution in [0.5, 0.6) is 0 Å². The summed E-state index contributed by atoms with van der Waals surface area (Å²) < 4.78 is 0. The predicted octanol–water partition coefficient (Wildman–Crippen LogP) is 14.4.